The van der Waals surface area contributed by atoms with Crippen LogP contribution in [0.25, 0.3) is 17.0 Å². The monoisotopic (exact) mass is 263 g/mol. The van der Waals surface area contributed by atoms with Crippen molar-refractivity contribution in [3.8, 4) is 5.75 Å². The van der Waals surface area contributed by atoms with Crippen LogP contribution in [0.3, 0.4) is 0 Å². The molecular weight excluding hydrogens is 254 g/mol. The van der Waals surface area contributed by atoms with Crippen LogP contribution in [0, 0.1) is 0 Å². The van der Waals surface area contributed by atoms with Crippen LogP contribution in [0.15, 0.2) is 30.3 Å². The number of aromatic nitrogens is 1. The normalized spacial score (nSPS) is 11.0. The van der Waals surface area contributed by atoms with Crippen molar-refractivity contribution >= 4 is 34.5 Å². The minimum Gasteiger partial charge on any atom is -0.494 e. The lowest BCUT2D eigenvalue weighted by atomic mass is 10.1. The highest BCUT2D eigenvalue weighted by molar-refractivity contribution is 6.31. The molecule has 0 spiro atoms. The smallest absolute Gasteiger partial charge is 0.328 e. The maximum absolute atomic E-state index is 10.5. The topological polar surface area (TPSA) is 59.4 Å². The van der Waals surface area contributed by atoms with Gasteiger partial charge >= 0.3 is 5.97 Å². The molecule has 0 unspecified atom stereocenters. The third kappa shape index (κ3) is 2.43. The van der Waals surface area contributed by atoms with Crippen LogP contribution in [0.5, 0.6) is 5.75 Å². The fourth-order valence-corrected chi connectivity index (χ4v) is 1.81. The molecule has 0 aliphatic rings. The van der Waals surface area contributed by atoms with E-state index in [4.69, 9.17) is 21.4 Å². The average molecular weight is 264 g/mol. The summed E-state index contributed by atoms with van der Waals surface area (Å²) < 4.78 is 5.19. The Balaban J connectivity index is 2.59. The van der Waals surface area contributed by atoms with Crippen LogP contribution in [0.1, 0.15) is 5.56 Å². The number of para-hydroxylation sites is 1. The molecule has 0 aliphatic carbocycles. The Morgan fingerprint density at radius 3 is 2.94 bits per heavy atom. The first-order chi connectivity index (χ1) is 8.61. The Labute approximate surface area is 108 Å². The molecule has 4 nitrogen and oxygen atoms in total. The van der Waals surface area contributed by atoms with Crippen molar-refractivity contribution < 1.29 is 14.6 Å². The van der Waals surface area contributed by atoms with Gasteiger partial charge in [0.1, 0.15) is 16.4 Å². The summed E-state index contributed by atoms with van der Waals surface area (Å²) in [6, 6.07) is 7.26. The number of pyridine rings is 1. The molecule has 0 radical (unpaired) electrons. The molecule has 0 atom stereocenters. The van der Waals surface area contributed by atoms with Crippen molar-refractivity contribution in [1.82, 2.24) is 4.98 Å². The maximum Gasteiger partial charge on any atom is 0.328 e. The molecule has 92 valence electrons. The molecule has 2 aromatic rings. The van der Waals surface area contributed by atoms with E-state index in [2.05, 4.69) is 4.98 Å². The number of ether oxygens (including phenoxy) is 1. The summed E-state index contributed by atoms with van der Waals surface area (Å²) in [5.74, 6) is -0.403. The van der Waals surface area contributed by atoms with E-state index < -0.39 is 5.97 Å². The van der Waals surface area contributed by atoms with Gasteiger partial charge in [-0.2, -0.15) is 0 Å². The third-order valence-electron chi connectivity index (χ3n) is 2.41. The van der Waals surface area contributed by atoms with Gasteiger partial charge in [0.2, 0.25) is 0 Å². The largest absolute Gasteiger partial charge is 0.494 e. The molecule has 5 heteroatoms. The molecule has 1 N–H and O–H groups in total. The Hall–Kier alpha value is -2.07. The van der Waals surface area contributed by atoms with Gasteiger partial charge in [0.15, 0.2) is 0 Å². The van der Waals surface area contributed by atoms with E-state index in [9.17, 15) is 4.79 Å². The summed E-state index contributed by atoms with van der Waals surface area (Å²) in [5.41, 5.74) is 1.21. The molecule has 1 aromatic carbocycles. The number of rotatable bonds is 3. The molecule has 0 amide bonds. The molecule has 0 aliphatic heterocycles. The van der Waals surface area contributed by atoms with E-state index in [1.165, 1.54) is 6.08 Å². The number of hydrogen-bond acceptors (Lipinski definition) is 3. The number of carboxylic acids is 1. The zero-order chi connectivity index (χ0) is 13.1. The predicted octanol–water partition coefficient (Wildman–Crippen LogP) is 2.99. The lowest BCUT2D eigenvalue weighted by Gasteiger charge is -2.06. The van der Waals surface area contributed by atoms with Crippen LogP contribution in [-0.2, 0) is 4.79 Å². The molecule has 0 saturated heterocycles. The second-order valence-corrected chi connectivity index (χ2v) is 3.93. The number of benzene rings is 1. The first-order valence-electron chi connectivity index (χ1n) is 5.16. The minimum atomic E-state index is -1.03. The van der Waals surface area contributed by atoms with Crippen LogP contribution in [0.2, 0.25) is 5.15 Å². The highest BCUT2D eigenvalue weighted by Gasteiger charge is 2.07. The van der Waals surface area contributed by atoms with E-state index in [0.29, 0.717) is 16.8 Å². The van der Waals surface area contributed by atoms with Gasteiger partial charge in [-0.15, -0.1) is 0 Å². The first-order valence-corrected chi connectivity index (χ1v) is 5.54. The minimum absolute atomic E-state index is 0.240. The first kappa shape index (κ1) is 12.4. The zero-order valence-electron chi connectivity index (χ0n) is 9.55. The molecule has 0 fully saturated rings. The number of aliphatic carboxylic acids is 1. The van der Waals surface area contributed by atoms with Crippen LogP contribution in [0.4, 0.5) is 0 Å². The third-order valence-corrected chi connectivity index (χ3v) is 2.72. The van der Waals surface area contributed by atoms with Gasteiger partial charge in [0, 0.05) is 17.0 Å². The van der Waals surface area contributed by atoms with E-state index in [1.807, 2.05) is 12.1 Å². The van der Waals surface area contributed by atoms with Crippen LogP contribution >= 0.6 is 11.6 Å². The van der Waals surface area contributed by atoms with E-state index in [-0.39, 0.29) is 5.15 Å². The average Bonchev–Trinajstić information content (AvgIpc) is 2.35. The fraction of sp³-hybridized carbons (Fsp3) is 0.0769. The molecular formula is C13H10ClNO3. The van der Waals surface area contributed by atoms with Gasteiger partial charge in [-0.1, -0.05) is 23.7 Å². The highest BCUT2D eigenvalue weighted by Crippen LogP contribution is 2.27. The van der Waals surface area contributed by atoms with Crippen molar-refractivity contribution in [2.75, 3.05) is 7.11 Å². The van der Waals surface area contributed by atoms with Crippen molar-refractivity contribution in [3.05, 3.63) is 41.1 Å². The predicted molar refractivity (Wildman–Crippen MR) is 70.0 cm³/mol. The quantitative estimate of drug-likeness (QED) is 0.683. The number of hydrogen-bond donors (Lipinski definition) is 1. The molecule has 0 saturated carbocycles. The highest BCUT2D eigenvalue weighted by atomic mass is 35.5. The van der Waals surface area contributed by atoms with Gasteiger partial charge in [-0.25, -0.2) is 9.78 Å². The van der Waals surface area contributed by atoms with Crippen LogP contribution < -0.4 is 4.74 Å². The second-order valence-electron chi connectivity index (χ2n) is 3.57. The molecule has 1 aromatic heterocycles. The Morgan fingerprint density at radius 1 is 1.50 bits per heavy atom. The summed E-state index contributed by atoms with van der Waals surface area (Å²) in [4.78, 5) is 14.7. The van der Waals surface area contributed by atoms with E-state index in [0.717, 1.165) is 11.5 Å². The van der Waals surface area contributed by atoms with Crippen LogP contribution in [-0.4, -0.2) is 23.2 Å². The maximum atomic E-state index is 10.5. The van der Waals surface area contributed by atoms with Crippen molar-refractivity contribution in [1.29, 1.82) is 0 Å². The van der Waals surface area contributed by atoms with Crippen molar-refractivity contribution in [2.24, 2.45) is 0 Å². The summed E-state index contributed by atoms with van der Waals surface area (Å²) >= 11 is 6.00. The fourth-order valence-electron chi connectivity index (χ4n) is 1.61. The second kappa shape index (κ2) is 5.06. The van der Waals surface area contributed by atoms with E-state index >= 15 is 0 Å². The molecule has 0 bridgehead atoms. The number of nitrogens with zero attached hydrogens (tertiary/aromatic N) is 1. The zero-order valence-corrected chi connectivity index (χ0v) is 10.3. The van der Waals surface area contributed by atoms with Crippen molar-refractivity contribution in [2.45, 2.75) is 0 Å². The number of halogens is 1. The van der Waals surface area contributed by atoms with Gasteiger partial charge in [0.05, 0.1) is 7.11 Å². The Bertz CT molecular complexity index is 637. The van der Waals surface area contributed by atoms with Gasteiger partial charge in [-0.05, 0) is 18.2 Å². The number of fused-ring (bicyclic) bond motifs is 1. The summed E-state index contributed by atoms with van der Waals surface area (Å²) in [6.07, 6.45) is 2.44. The lowest BCUT2D eigenvalue weighted by molar-refractivity contribution is -0.131. The van der Waals surface area contributed by atoms with E-state index in [1.54, 1.807) is 19.2 Å². The lowest BCUT2D eigenvalue weighted by Crippen LogP contribution is -1.91. The van der Waals surface area contributed by atoms with Gasteiger partial charge < -0.3 is 9.84 Å². The summed E-state index contributed by atoms with van der Waals surface area (Å²) in [5, 5.41) is 9.67. The Kier molecular flexibility index (Phi) is 3.48. The summed E-state index contributed by atoms with van der Waals surface area (Å²) in [7, 11) is 1.56. The molecule has 18 heavy (non-hydrogen) atoms. The SMILES string of the molecule is COc1cccc2cc(/C=C/C(=O)O)c(Cl)nc12. The number of carboxylic acid groups (broad SMARTS) is 1. The van der Waals surface area contributed by atoms with Gasteiger partial charge in [-0.3, -0.25) is 0 Å². The number of carbonyl (C=O) groups is 1. The van der Waals surface area contributed by atoms with Crippen molar-refractivity contribution in [3.63, 3.8) is 0 Å². The standard InChI is InChI=1S/C13H10ClNO3/c1-18-10-4-2-3-8-7-9(5-6-11(16)17)13(14)15-12(8)10/h2-7H,1H3,(H,16,17)/b6-5+. The Morgan fingerprint density at radius 2 is 2.28 bits per heavy atom. The van der Waals surface area contributed by atoms with Gasteiger partial charge in [0.25, 0.3) is 0 Å². The number of methoxy groups -OCH3 is 1. The molecule has 1 heterocycles. The summed E-state index contributed by atoms with van der Waals surface area (Å²) in [6.45, 7) is 0. The molecule has 2 rings (SSSR count).